The van der Waals surface area contributed by atoms with Crippen LogP contribution in [0.1, 0.15) is 53.7 Å². The number of nitrogens with zero attached hydrogens (tertiary/aromatic N) is 3. The number of hydrogen-bond donors (Lipinski definition) is 1. The third-order valence-corrected chi connectivity index (χ3v) is 6.64. The minimum absolute atomic E-state index is 0.218. The fourth-order valence-electron chi connectivity index (χ4n) is 4.04. The number of primary amides is 1. The van der Waals surface area contributed by atoms with Gasteiger partial charge in [-0.25, -0.2) is 17.3 Å². The molecule has 2 aromatic heterocycles. The molecule has 0 unspecified atom stereocenters. The van der Waals surface area contributed by atoms with Crippen LogP contribution < -0.4 is 10.0 Å². The van der Waals surface area contributed by atoms with Gasteiger partial charge in [-0.1, -0.05) is 12.5 Å². The van der Waals surface area contributed by atoms with Gasteiger partial charge in [-0.2, -0.15) is 5.10 Å². The molecule has 0 fully saturated rings. The summed E-state index contributed by atoms with van der Waals surface area (Å²) in [7, 11) is -3.45. The number of rotatable bonds is 3. The third-order valence-electron chi connectivity index (χ3n) is 5.46. The highest BCUT2D eigenvalue weighted by atomic mass is 32.2. The van der Waals surface area contributed by atoms with Gasteiger partial charge in [-0.05, 0) is 49.0 Å². The summed E-state index contributed by atoms with van der Waals surface area (Å²) >= 11 is 0. The molecule has 1 aliphatic heterocycles. The molecule has 0 aromatic carbocycles. The van der Waals surface area contributed by atoms with E-state index in [1.54, 1.807) is 12.3 Å². The molecule has 2 aromatic rings. The van der Waals surface area contributed by atoms with Crippen LogP contribution in [0.3, 0.4) is 0 Å². The van der Waals surface area contributed by atoms with Gasteiger partial charge in [-0.3, -0.25) is 9.10 Å². The second-order valence-electron chi connectivity index (χ2n) is 7.55. The lowest BCUT2D eigenvalue weighted by Crippen LogP contribution is -2.32. The molecule has 3 heterocycles. The molecule has 1 amide bonds. The smallest absolute Gasteiger partial charge is 0.253 e. The summed E-state index contributed by atoms with van der Waals surface area (Å²) in [5.74, 6) is -0.832. The zero-order valence-corrected chi connectivity index (χ0v) is 17.0. The maximum Gasteiger partial charge on any atom is 0.253 e. The van der Waals surface area contributed by atoms with Gasteiger partial charge in [0.05, 0.1) is 29.2 Å². The highest BCUT2D eigenvalue weighted by Crippen LogP contribution is 2.34. The lowest BCUT2D eigenvalue weighted by Gasteiger charge is -2.27. The van der Waals surface area contributed by atoms with Gasteiger partial charge >= 0.3 is 0 Å². The van der Waals surface area contributed by atoms with Crippen molar-refractivity contribution in [3.8, 4) is 0 Å². The summed E-state index contributed by atoms with van der Waals surface area (Å²) in [6, 6.07) is 1.81. The Kier molecular flexibility index (Phi) is 4.94. The Morgan fingerprint density at radius 1 is 1.17 bits per heavy atom. The number of aryl methyl sites for hydroxylation is 1. The van der Waals surface area contributed by atoms with E-state index in [0.717, 1.165) is 30.4 Å². The van der Waals surface area contributed by atoms with Crippen molar-refractivity contribution in [2.75, 3.05) is 17.1 Å². The molecular weight excluding hydrogens is 395 g/mol. The van der Waals surface area contributed by atoms with Crippen molar-refractivity contribution in [3.05, 3.63) is 47.1 Å². The number of fused-ring (bicyclic) bond motifs is 2. The maximum atomic E-state index is 13.4. The predicted octanol–water partition coefficient (Wildman–Crippen LogP) is 2.96. The van der Waals surface area contributed by atoms with Crippen LogP contribution in [0.2, 0.25) is 0 Å². The highest BCUT2D eigenvalue weighted by Gasteiger charge is 2.26. The first-order chi connectivity index (χ1) is 13.8. The number of allylic oxidation sites excluding steroid dienone is 4. The van der Waals surface area contributed by atoms with Gasteiger partial charge < -0.3 is 5.73 Å². The molecule has 4 rings (SSSR count). The van der Waals surface area contributed by atoms with E-state index in [1.165, 1.54) is 21.2 Å². The number of hydrogen-bond acceptors (Lipinski definition) is 4. The van der Waals surface area contributed by atoms with Crippen LogP contribution in [0.25, 0.3) is 11.1 Å². The molecular formula is C20H23FN4O3S. The second kappa shape index (κ2) is 7.29. The Bertz CT molecular complexity index is 1160. The number of carbonyl (C=O) groups is 1. The molecule has 0 saturated heterocycles. The minimum Gasteiger partial charge on any atom is -0.365 e. The Hall–Kier alpha value is -2.68. The normalized spacial score (nSPS) is 17.9. The van der Waals surface area contributed by atoms with Crippen LogP contribution in [0.4, 0.5) is 10.1 Å². The molecule has 1 aliphatic carbocycles. The molecule has 2 aliphatic rings. The summed E-state index contributed by atoms with van der Waals surface area (Å²) < 4.78 is 41.1. The molecule has 0 spiro atoms. The number of pyridine rings is 1. The van der Waals surface area contributed by atoms with Crippen molar-refractivity contribution in [3.63, 3.8) is 0 Å². The standard InChI is InChI=1S/C20H23FN4O3S/c1-29(27,28)25-10-4-2-3-5-14-11-16-18(20(22)26)19(23-24(16)12-17(14)25)13-6-8-15(21)9-7-13/h6,8,11-12H,2-5,7,9-10H2,1H3,(H2,22,26). The highest BCUT2D eigenvalue weighted by molar-refractivity contribution is 7.92. The van der Waals surface area contributed by atoms with Crippen LogP contribution in [0.15, 0.2) is 30.2 Å². The van der Waals surface area contributed by atoms with E-state index in [9.17, 15) is 17.6 Å². The molecule has 0 bridgehead atoms. The molecule has 0 atom stereocenters. The zero-order chi connectivity index (χ0) is 20.8. The molecule has 0 radical (unpaired) electrons. The van der Waals surface area contributed by atoms with E-state index in [0.29, 0.717) is 36.3 Å². The molecule has 29 heavy (non-hydrogen) atoms. The van der Waals surface area contributed by atoms with Gasteiger partial charge in [0.15, 0.2) is 0 Å². The molecule has 154 valence electrons. The second-order valence-corrected chi connectivity index (χ2v) is 9.46. The van der Waals surface area contributed by atoms with Gasteiger partial charge in [0.2, 0.25) is 10.0 Å². The van der Waals surface area contributed by atoms with E-state index < -0.39 is 15.9 Å². The van der Waals surface area contributed by atoms with E-state index in [2.05, 4.69) is 5.10 Å². The van der Waals surface area contributed by atoms with Crippen LogP contribution in [0, 0.1) is 0 Å². The number of carbonyl (C=O) groups excluding carboxylic acids is 1. The first-order valence-corrected chi connectivity index (χ1v) is 11.5. The van der Waals surface area contributed by atoms with Crippen LogP contribution in [0.5, 0.6) is 0 Å². The number of amides is 1. The average Bonchev–Trinajstić information content (AvgIpc) is 2.99. The largest absolute Gasteiger partial charge is 0.365 e. The van der Waals surface area contributed by atoms with E-state index >= 15 is 0 Å². The summed E-state index contributed by atoms with van der Waals surface area (Å²) in [4.78, 5) is 12.3. The van der Waals surface area contributed by atoms with Crippen molar-refractivity contribution in [1.82, 2.24) is 9.61 Å². The number of nitrogens with two attached hydrogens (primary N) is 1. The van der Waals surface area contributed by atoms with E-state index in [-0.39, 0.29) is 17.8 Å². The Balaban J connectivity index is 1.96. The van der Waals surface area contributed by atoms with Gasteiger partial charge in [0.25, 0.3) is 5.91 Å². The lowest BCUT2D eigenvalue weighted by molar-refractivity contribution is 0.100. The summed E-state index contributed by atoms with van der Waals surface area (Å²) in [6.45, 7) is 0.406. The van der Waals surface area contributed by atoms with Crippen molar-refractivity contribution < 1.29 is 17.6 Å². The molecule has 7 nitrogen and oxygen atoms in total. The summed E-state index contributed by atoms with van der Waals surface area (Å²) in [5.41, 5.74) is 9.07. The monoisotopic (exact) mass is 418 g/mol. The average molecular weight is 418 g/mol. The quantitative estimate of drug-likeness (QED) is 0.829. The SMILES string of the molecule is CS(=O)(=O)N1CCCCCc2cc3c(C(N)=O)c(C4=CC=C(F)CC4)nn3cc21. The topological polar surface area (TPSA) is 97.8 Å². The number of halogens is 1. The van der Waals surface area contributed by atoms with Crippen LogP contribution >= 0.6 is 0 Å². The number of anilines is 1. The van der Waals surface area contributed by atoms with Crippen LogP contribution in [-0.2, 0) is 16.4 Å². The van der Waals surface area contributed by atoms with Crippen molar-refractivity contribution >= 4 is 32.7 Å². The Labute approximate surface area is 168 Å². The first-order valence-electron chi connectivity index (χ1n) is 9.64. The zero-order valence-electron chi connectivity index (χ0n) is 16.2. The fourth-order valence-corrected chi connectivity index (χ4v) is 5.02. The fraction of sp³-hybridized carbons (Fsp3) is 0.400. The lowest BCUT2D eigenvalue weighted by atomic mass is 9.97. The molecule has 9 heteroatoms. The van der Waals surface area contributed by atoms with Gasteiger partial charge in [-0.15, -0.1) is 0 Å². The molecule has 2 N–H and O–H groups in total. The van der Waals surface area contributed by atoms with Gasteiger partial charge in [0, 0.05) is 13.0 Å². The van der Waals surface area contributed by atoms with Crippen molar-refractivity contribution in [2.24, 2.45) is 5.73 Å². The third kappa shape index (κ3) is 3.66. The Morgan fingerprint density at radius 3 is 2.62 bits per heavy atom. The number of aromatic nitrogens is 2. The number of sulfonamides is 1. The Morgan fingerprint density at radius 2 is 1.97 bits per heavy atom. The van der Waals surface area contributed by atoms with E-state index in [4.69, 9.17) is 5.73 Å². The van der Waals surface area contributed by atoms with Crippen molar-refractivity contribution in [2.45, 2.75) is 38.5 Å². The predicted molar refractivity (Wildman–Crippen MR) is 110 cm³/mol. The minimum atomic E-state index is -3.45. The van der Waals surface area contributed by atoms with Gasteiger partial charge in [0.1, 0.15) is 11.5 Å². The summed E-state index contributed by atoms with van der Waals surface area (Å²) in [5, 5.41) is 4.54. The molecule has 0 saturated carbocycles. The first kappa shape index (κ1) is 19.6. The van der Waals surface area contributed by atoms with Crippen LogP contribution in [-0.4, -0.2) is 36.7 Å². The van der Waals surface area contributed by atoms with E-state index in [1.807, 2.05) is 6.07 Å². The maximum absolute atomic E-state index is 13.4. The van der Waals surface area contributed by atoms with Crippen molar-refractivity contribution in [1.29, 1.82) is 0 Å². The summed E-state index contributed by atoms with van der Waals surface area (Å²) in [6.07, 6.45) is 9.85.